The van der Waals surface area contributed by atoms with Crippen molar-refractivity contribution in [3.05, 3.63) is 93.4 Å². The highest BCUT2D eigenvalue weighted by atomic mass is 32.2. The van der Waals surface area contributed by atoms with Gasteiger partial charge in [-0.1, -0.05) is 30.0 Å². The molecule has 29 heavy (non-hydrogen) atoms. The minimum Gasteiger partial charge on any atom is -0.317 e. The third-order valence-electron chi connectivity index (χ3n) is 4.26. The fraction of sp³-hybridized carbons (Fsp3) is 0. The van der Waals surface area contributed by atoms with Gasteiger partial charge in [0.25, 0.3) is 11.6 Å². The Labute approximate surface area is 174 Å². The van der Waals surface area contributed by atoms with E-state index in [1.54, 1.807) is 41.1 Å². The van der Waals surface area contributed by atoms with Crippen molar-refractivity contribution in [2.45, 2.75) is 0 Å². The second-order valence-corrected chi connectivity index (χ2v) is 7.75. The van der Waals surface area contributed by atoms with Crippen LogP contribution in [0.15, 0.2) is 71.8 Å². The highest BCUT2D eigenvalue weighted by Gasteiger charge is 2.33. The maximum absolute atomic E-state index is 13.5. The lowest BCUT2D eigenvalue weighted by molar-refractivity contribution is -0.384. The number of aromatic nitrogens is 1. The lowest BCUT2D eigenvalue weighted by Gasteiger charge is -2.14. The third-order valence-corrected chi connectivity index (χ3v) is 5.56. The molecule has 144 valence electrons. The Kier molecular flexibility index (Phi) is 4.99. The van der Waals surface area contributed by atoms with E-state index in [1.165, 1.54) is 35.2 Å². The molecule has 1 fully saturated rings. The quantitative estimate of drug-likeness (QED) is 0.257. The van der Waals surface area contributed by atoms with Crippen LogP contribution in [0.25, 0.3) is 11.8 Å². The average molecular weight is 425 g/mol. The van der Waals surface area contributed by atoms with E-state index < -0.39 is 10.7 Å². The second kappa shape index (κ2) is 7.61. The van der Waals surface area contributed by atoms with Crippen molar-refractivity contribution in [2.24, 2.45) is 0 Å². The number of thioether (sulfide) groups is 1. The number of thiocarbonyl (C=S) groups is 1. The molecule has 6 nitrogen and oxygen atoms in total. The SMILES string of the molecule is O=C1/C(=C\c2cccn2-c2ccc([N+](=O)[O-])cc2)SC(=S)N1c1cccc(F)c1. The Morgan fingerprint density at radius 1 is 1.07 bits per heavy atom. The number of carbonyl (C=O) groups excluding carboxylic acids is 1. The van der Waals surface area contributed by atoms with Crippen LogP contribution in [-0.4, -0.2) is 19.7 Å². The van der Waals surface area contributed by atoms with Gasteiger partial charge in [0.15, 0.2) is 4.32 Å². The number of rotatable bonds is 4. The summed E-state index contributed by atoms with van der Waals surface area (Å²) in [5, 5.41) is 10.8. The second-order valence-electron chi connectivity index (χ2n) is 6.07. The van der Waals surface area contributed by atoms with Crippen LogP contribution >= 0.6 is 24.0 Å². The molecule has 0 unspecified atom stereocenters. The molecule has 1 aliphatic heterocycles. The minimum absolute atomic E-state index is 0.00146. The van der Waals surface area contributed by atoms with Crippen molar-refractivity contribution in [1.82, 2.24) is 4.57 Å². The summed E-state index contributed by atoms with van der Waals surface area (Å²) in [5.74, 6) is -0.783. The standard InChI is InChI=1S/C20H12FN3O3S2/c21-13-3-1-4-17(11-13)23-19(25)18(29-20(23)28)12-16-5-2-10-22(16)14-6-8-15(9-7-14)24(26)27/h1-12H/b18-12+. The highest BCUT2D eigenvalue weighted by molar-refractivity contribution is 8.27. The Morgan fingerprint density at radius 2 is 1.83 bits per heavy atom. The summed E-state index contributed by atoms with van der Waals surface area (Å²) in [4.78, 5) is 24.9. The van der Waals surface area contributed by atoms with Gasteiger partial charge in [-0.2, -0.15) is 0 Å². The summed E-state index contributed by atoms with van der Waals surface area (Å²) in [7, 11) is 0. The fourth-order valence-electron chi connectivity index (χ4n) is 2.92. The van der Waals surface area contributed by atoms with E-state index in [1.807, 2.05) is 6.07 Å². The van der Waals surface area contributed by atoms with Gasteiger partial charge >= 0.3 is 0 Å². The van der Waals surface area contributed by atoms with Crippen molar-refractivity contribution in [3.8, 4) is 5.69 Å². The van der Waals surface area contributed by atoms with Crippen LogP contribution in [0.5, 0.6) is 0 Å². The Bertz CT molecular complexity index is 1170. The molecule has 1 aliphatic rings. The average Bonchev–Trinajstić information content (AvgIpc) is 3.26. The molecule has 0 radical (unpaired) electrons. The number of anilines is 1. The number of nitrogens with zero attached hydrogens (tertiary/aromatic N) is 3. The minimum atomic E-state index is -0.460. The van der Waals surface area contributed by atoms with Gasteiger partial charge in [-0.25, -0.2) is 4.39 Å². The van der Waals surface area contributed by atoms with Crippen molar-refractivity contribution >= 4 is 51.7 Å². The molecule has 2 aromatic carbocycles. The molecule has 0 saturated carbocycles. The number of non-ortho nitro benzene ring substituents is 1. The molecular weight excluding hydrogens is 413 g/mol. The first-order valence-corrected chi connectivity index (χ1v) is 9.62. The Morgan fingerprint density at radius 3 is 2.52 bits per heavy atom. The predicted molar refractivity (Wildman–Crippen MR) is 114 cm³/mol. The number of amides is 1. The lowest BCUT2D eigenvalue weighted by Crippen LogP contribution is -2.27. The molecule has 0 atom stereocenters. The zero-order valence-electron chi connectivity index (χ0n) is 14.7. The van der Waals surface area contributed by atoms with Crippen LogP contribution in [0.2, 0.25) is 0 Å². The van der Waals surface area contributed by atoms with Crippen LogP contribution in [0.3, 0.4) is 0 Å². The van der Waals surface area contributed by atoms with Gasteiger partial charge in [-0.3, -0.25) is 19.8 Å². The van der Waals surface area contributed by atoms with Gasteiger partial charge < -0.3 is 4.57 Å². The lowest BCUT2D eigenvalue weighted by atomic mass is 10.2. The fourth-order valence-corrected chi connectivity index (χ4v) is 4.21. The molecule has 0 spiro atoms. The van der Waals surface area contributed by atoms with E-state index in [-0.39, 0.29) is 11.6 Å². The van der Waals surface area contributed by atoms with Crippen LogP contribution in [-0.2, 0) is 4.79 Å². The smallest absolute Gasteiger partial charge is 0.270 e. The highest BCUT2D eigenvalue weighted by Crippen LogP contribution is 2.36. The molecule has 0 aliphatic carbocycles. The molecule has 1 saturated heterocycles. The number of hydrogen-bond acceptors (Lipinski definition) is 5. The van der Waals surface area contributed by atoms with Crippen molar-refractivity contribution in [2.75, 3.05) is 4.90 Å². The van der Waals surface area contributed by atoms with E-state index in [2.05, 4.69) is 0 Å². The van der Waals surface area contributed by atoms with Gasteiger partial charge in [0.2, 0.25) is 0 Å². The van der Waals surface area contributed by atoms with E-state index in [9.17, 15) is 19.3 Å². The number of halogens is 1. The molecule has 9 heteroatoms. The summed E-state index contributed by atoms with van der Waals surface area (Å²) < 4.78 is 15.7. The van der Waals surface area contributed by atoms with Gasteiger partial charge in [0.1, 0.15) is 5.82 Å². The summed E-state index contributed by atoms with van der Waals surface area (Å²) in [6.07, 6.45) is 3.49. The molecular formula is C20H12FN3O3S2. The third kappa shape index (κ3) is 3.69. The summed E-state index contributed by atoms with van der Waals surface area (Å²) in [6.45, 7) is 0. The first kappa shape index (κ1) is 19.0. The maximum atomic E-state index is 13.5. The largest absolute Gasteiger partial charge is 0.317 e. The molecule has 0 bridgehead atoms. The van der Waals surface area contributed by atoms with Crippen molar-refractivity contribution < 1.29 is 14.1 Å². The van der Waals surface area contributed by atoms with Gasteiger partial charge in [0.05, 0.1) is 15.5 Å². The molecule has 1 amide bonds. The summed E-state index contributed by atoms with van der Waals surface area (Å²) in [6, 6.07) is 15.4. The zero-order valence-corrected chi connectivity index (χ0v) is 16.3. The first-order valence-electron chi connectivity index (χ1n) is 8.40. The zero-order chi connectivity index (χ0) is 20.5. The monoisotopic (exact) mass is 425 g/mol. The van der Waals surface area contributed by atoms with Gasteiger partial charge in [0, 0.05) is 29.7 Å². The topological polar surface area (TPSA) is 68.4 Å². The van der Waals surface area contributed by atoms with Gasteiger partial charge in [-0.15, -0.1) is 0 Å². The normalized spacial score (nSPS) is 15.3. The Balaban J connectivity index is 1.66. The molecule has 1 aromatic heterocycles. The van der Waals surface area contributed by atoms with Crippen molar-refractivity contribution in [1.29, 1.82) is 0 Å². The van der Waals surface area contributed by atoms with E-state index in [4.69, 9.17) is 12.2 Å². The molecule has 0 N–H and O–H groups in total. The number of nitro groups is 1. The van der Waals surface area contributed by atoms with Crippen LogP contribution in [0, 0.1) is 15.9 Å². The summed E-state index contributed by atoms with van der Waals surface area (Å²) in [5.41, 5.74) is 1.80. The predicted octanol–water partition coefficient (Wildman–Crippen LogP) is 4.93. The van der Waals surface area contributed by atoms with E-state index in [0.29, 0.717) is 26.3 Å². The molecule has 4 rings (SSSR count). The molecule has 3 aromatic rings. The summed E-state index contributed by atoms with van der Waals surface area (Å²) >= 11 is 6.45. The van der Waals surface area contributed by atoms with Crippen LogP contribution in [0.4, 0.5) is 15.8 Å². The van der Waals surface area contributed by atoms with E-state index >= 15 is 0 Å². The van der Waals surface area contributed by atoms with Crippen LogP contribution < -0.4 is 4.90 Å². The number of carbonyl (C=O) groups is 1. The van der Waals surface area contributed by atoms with E-state index in [0.717, 1.165) is 11.8 Å². The van der Waals surface area contributed by atoms with Gasteiger partial charge in [-0.05, 0) is 48.5 Å². The van der Waals surface area contributed by atoms with Crippen LogP contribution in [0.1, 0.15) is 5.69 Å². The maximum Gasteiger partial charge on any atom is 0.270 e. The van der Waals surface area contributed by atoms with Crippen molar-refractivity contribution in [3.63, 3.8) is 0 Å². The number of hydrogen-bond donors (Lipinski definition) is 0. The first-order chi connectivity index (χ1) is 13.9. The molecule has 2 heterocycles. The number of benzene rings is 2. The number of nitro benzene ring substituents is 1. The Hall–Kier alpha value is -3.30.